The number of anilines is 1. The number of allylic oxidation sites excluding steroid dienone is 1. The van der Waals surface area contributed by atoms with Crippen molar-refractivity contribution in [1.29, 1.82) is 0 Å². The molecule has 3 rings (SSSR count). The molecule has 1 heterocycles. The summed E-state index contributed by atoms with van der Waals surface area (Å²) in [6, 6.07) is 7.50. The average Bonchev–Trinajstić information content (AvgIpc) is 3.12. The quantitative estimate of drug-likeness (QED) is 0.799. The monoisotopic (exact) mass is 371 g/mol. The van der Waals surface area contributed by atoms with Crippen LogP contribution >= 0.6 is 22.9 Å². The maximum absolute atomic E-state index is 13.3. The molecule has 0 saturated carbocycles. The summed E-state index contributed by atoms with van der Waals surface area (Å²) >= 11 is 7.36. The molecule has 1 aromatic heterocycles. The van der Waals surface area contributed by atoms with E-state index >= 15 is 0 Å². The maximum Gasteiger partial charge on any atom is 0.390 e. The Balaban J connectivity index is 2.04. The van der Waals surface area contributed by atoms with Crippen LogP contribution in [0, 0.1) is 0 Å². The third-order valence-electron chi connectivity index (χ3n) is 4.11. The highest BCUT2D eigenvalue weighted by molar-refractivity contribution is 7.08. The third-order valence-corrected chi connectivity index (χ3v) is 5.12. The van der Waals surface area contributed by atoms with Gasteiger partial charge in [0.15, 0.2) is 5.78 Å². The lowest BCUT2D eigenvalue weighted by molar-refractivity contribution is -0.155. The van der Waals surface area contributed by atoms with Gasteiger partial charge in [0, 0.05) is 0 Å². The molecular formula is C17H13ClF3NOS. The number of carbonyl (C=O) groups excluding carboxylic acids is 1. The Bertz CT molecular complexity index is 772. The van der Waals surface area contributed by atoms with Crippen molar-refractivity contribution in [2.45, 2.75) is 24.1 Å². The molecule has 0 aliphatic heterocycles. The lowest BCUT2D eigenvalue weighted by Gasteiger charge is -2.35. The fraction of sp³-hybridized carbons (Fsp3) is 0.235. The minimum Gasteiger partial charge on any atom is -0.376 e. The van der Waals surface area contributed by atoms with E-state index in [0.29, 0.717) is 16.3 Å². The zero-order valence-corrected chi connectivity index (χ0v) is 13.9. The minimum absolute atomic E-state index is 0.365. The Hall–Kier alpha value is -1.79. The van der Waals surface area contributed by atoms with Gasteiger partial charge in [-0.1, -0.05) is 29.8 Å². The third kappa shape index (κ3) is 3.08. The molecule has 2 nitrogen and oxygen atoms in total. The van der Waals surface area contributed by atoms with Crippen molar-refractivity contribution in [3.63, 3.8) is 0 Å². The Kier molecular flexibility index (Phi) is 4.44. The largest absolute Gasteiger partial charge is 0.390 e. The SMILES string of the molecule is O=C1C=C[C@@H](Nc2ccccc2Cl)[C@@]1(CC(F)(F)F)c1ccsc1. The van der Waals surface area contributed by atoms with Crippen molar-refractivity contribution in [2.75, 3.05) is 5.32 Å². The molecular weight excluding hydrogens is 359 g/mol. The number of rotatable bonds is 4. The summed E-state index contributed by atoms with van der Waals surface area (Å²) in [5, 5.41) is 6.66. The number of benzene rings is 1. The fourth-order valence-corrected chi connectivity index (χ4v) is 3.95. The molecule has 2 aromatic rings. The van der Waals surface area contributed by atoms with Gasteiger partial charge >= 0.3 is 6.18 Å². The van der Waals surface area contributed by atoms with Crippen molar-refractivity contribution in [2.24, 2.45) is 0 Å². The maximum atomic E-state index is 13.3. The molecule has 1 aromatic carbocycles. The first kappa shape index (κ1) is 17.0. The van der Waals surface area contributed by atoms with Crippen LogP contribution in [0.5, 0.6) is 0 Å². The lowest BCUT2D eigenvalue weighted by atomic mass is 9.72. The van der Waals surface area contributed by atoms with Crippen LogP contribution in [0.25, 0.3) is 0 Å². The Morgan fingerprint density at radius 1 is 1.25 bits per heavy atom. The smallest absolute Gasteiger partial charge is 0.376 e. The van der Waals surface area contributed by atoms with Crippen LogP contribution in [0.1, 0.15) is 12.0 Å². The highest BCUT2D eigenvalue weighted by atomic mass is 35.5. The van der Waals surface area contributed by atoms with Gasteiger partial charge in [0.25, 0.3) is 0 Å². The van der Waals surface area contributed by atoms with Gasteiger partial charge in [-0.15, -0.1) is 0 Å². The van der Waals surface area contributed by atoms with E-state index in [1.165, 1.54) is 23.5 Å². The van der Waals surface area contributed by atoms with Gasteiger partial charge in [0.2, 0.25) is 0 Å². The molecule has 24 heavy (non-hydrogen) atoms. The summed E-state index contributed by atoms with van der Waals surface area (Å²) in [4.78, 5) is 12.5. The molecule has 126 valence electrons. The van der Waals surface area contributed by atoms with Crippen LogP contribution in [0.4, 0.5) is 18.9 Å². The van der Waals surface area contributed by atoms with Crippen molar-refractivity contribution in [1.82, 2.24) is 0 Å². The normalized spacial score (nSPS) is 23.7. The molecule has 1 aliphatic carbocycles. The molecule has 1 aliphatic rings. The molecule has 1 N–H and O–H groups in total. The summed E-state index contributed by atoms with van der Waals surface area (Å²) in [7, 11) is 0. The molecule has 0 radical (unpaired) electrons. The Morgan fingerprint density at radius 2 is 2.00 bits per heavy atom. The lowest BCUT2D eigenvalue weighted by Crippen LogP contribution is -2.48. The second kappa shape index (κ2) is 6.26. The van der Waals surface area contributed by atoms with E-state index in [-0.39, 0.29) is 0 Å². The molecule has 7 heteroatoms. The average molecular weight is 372 g/mol. The molecule has 0 spiro atoms. The van der Waals surface area contributed by atoms with Crippen molar-refractivity contribution >= 4 is 34.4 Å². The molecule has 0 bridgehead atoms. The van der Waals surface area contributed by atoms with Crippen molar-refractivity contribution in [3.8, 4) is 0 Å². The van der Waals surface area contributed by atoms with Gasteiger partial charge in [-0.05, 0) is 40.6 Å². The number of hydrogen-bond acceptors (Lipinski definition) is 3. The summed E-state index contributed by atoms with van der Waals surface area (Å²) in [5.74, 6) is -0.553. The summed E-state index contributed by atoms with van der Waals surface area (Å²) < 4.78 is 39.8. The van der Waals surface area contributed by atoms with Crippen LogP contribution < -0.4 is 5.32 Å². The van der Waals surface area contributed by atoms with Gasteiger partial charge in [-0.3, -0.25) is 4.79 Å². The summed E-state index contributed by atoms with van der Waals surface area (Å²) in [6.45, 7) is 0. The van der Waals surface area contributed by atoms with Gasteiger partial charge in [-0.2, -0.15) is 24.5 Å². The zero-order valence-electron chi connectivity index (χ0n) is 12.3. The first-order valence-corrected chi connectivity index (χ1v) is 8.48. The number of carbonyl (C=O) groups is 1. The molecule has 2 atom stereocenters. The first-order valence-electron chi connectivity index (χ1n) is 7.16. The van der Waals surface area contributed by atoms with Crippen LogP contribution in [0.2, 0.25) is 5.02 Å². The van der Waals surface area contributed by atoms with Crippen molar-refractivity contribution in [3.05, 3.63) is 63.8 Å². The highest BCUT2D eigenvalue weighted by Gasteiger charge is 2.54. The Labute approximate surface area is 145 Å². The second-order valence-corrected chi connectivity index (χ2v) is 6.79. The standard InChI is InChI=1S/C17H13ClF3NOS/c18-12-3-1-2-4-13(12)22-14-5-6-15(23)16(14,10-17(19,20)21)11-7-8-24-9-11/h1-9,14,22H,10H2/t14-,16-/m1/s1. The van der Waals surface area contributed by atoms with E-state index in [1.54, 1.807) is 41.1 Å². The fourth-order valence-electron chi connectivity index (χ4n) is 3.02. The molecule has 0 unspecified atom stereocenters. The van der Waals surface area contributed by atoms with Gasteiger partial charge in [0.05, 0.1) is 28.6 Å². The number of para-hydroxylation sites is 1. The molecule has 0 amide bonds. The van der Waals surface area contributed by atoms with Gasteiger partial charge < -0.3 is 5.32 Å². The van der Waals surface area contributed by atoms with E-state index in [9.17, 15) is 18.0 Å². The van der Waals surface area contributed by atoms with E-state index in [0.717, 1.165) is 0 Å². The van der Waals surface area contributed by atoms with Crippen LogP contribution in [0.3, 0.4) is 0 Å². The number of ketones is 1. The van der Waals surface area contributed by atoms with E-state index in [2.05, 4.69) is 5.32 Å². The van der Waals surface area contributed by atoms with Crippen LogP contribution in [-0.2, 0) is 10.2 Å². The Morgan fingerprint density at radius 3 is 2.62 bits per heavy atom. The minimum atomic E-state index is -4.48. The number of thiophene rings is 1. The number of halogens is 4. The number of alkyl halides is 3. The van der Waals surface area contributed by atoms with E-state index in [1.807, 2.05) is 0 Å². The van der Waals surface area contributed by atoms with Gasteiger partial charge in [0.1, 0.15) is 0 Å². The zero-order chi connectivity index (χ0) is 17.4. The molecule has 0 saturated heterocycles. The topological polar surface area (TPSA) is 29.1 Å². The summed E-state index contributed by atoms with van der Waals surface area (Å²) in [5.41, 5.74) is -0.855. The number of hydrogen-bond donors (Lipinski definition) is 1. The second-order valence-electron chi connectivity index (χ2n) is 5.60. The first-order chi connectivity index (χ1) is 11.3. The van der Waals surface area contributed by atoms with Gasteiger partial charge in [-0.25, -0.2) is 0 Å². The van der Waals surface area contributed by atoms with Crippen LogP contribution in [0.15, 0.2) is 53.2 Å². The summed E-state index contributed by atoms with van der Waals surface area (Å²) in [6.07, 6.45) is -3.01. The van der Waals surface area contributed by atoms with E-state index < -0.39 is 29.8 Å². The highest BCUT2D eigenvalue weighted by Crippen LogP contribution is 2.45. The molecule has 0 fully saturated rings. The number of nitrogens with one attached hydrogen (secondary N) is 1. The predicted molar refractivity (Wildman–Crippen MR) is 89.7 cm³/mol. The predicted octanol–water partition coefficient (Wildman–Crippen LogP) is 5.21. The van der Waals surface area contributed by atoms with Crippen molar-refractivity contribution < 1.29 is 18.0 Å². The van der Waals surface area contributed by atoms with E-state index in [4.69, 9.17) is 11.6 Å². The van der Waals surface area contributed by atoms with Crippen LogP contribution in [-0.4, -0.2) is 18.0 Å².